The van der Waals surface area contributed by atoms with Crippen LogP contribution < -0.4 is 10.6 Å². The Hall–Kier alpha value is -3.18. The first-order valence-electron chi connectivity index (χ1n) is 9.88. The van der Waals surface area contributed by atoms with Crippen LogP contribution in [0.2, 0.25) is 0 Å². The molecule has 0 amide bonds. The van der Waals surface area contributed by atoms with Gasteiger partial charge < -0.3 is 10.6 Å². The van der Waals surface area contributed by atoms with Gasteiger partial charge in [0.25, 0.3) is 0 Å². The molecule has 2 N–H and O–H groups in total. The van der Waals surface area contributed by atoms with Crippen molar-refractivity contribution in [3.8, 4) is 6.07 Å². The van der Waals surface area contributed by atoms with Gasteiger partial charge >= 0.3 is 0 Å². The molecule has 1 fully saturated rings. The third kappa shape index (κ3) is 4.46. The van der Waals surface area contributed by atoms with Gasteiger partial charge in [-0.25, -0.2) is 19.3 Å². The van der Waals surface area contributed by atoms with E-state index in [4.69, 9.17) is 5.26 Å². The zero-order valence-corrected chi connectivity index (χ0v) is 16.0. The largest absolute Gasteiger partial charge is 0.368 e. The van der Waals surface area contributed by atoms with Crippen molar-refractivity contribution in [2.24, 2.45) is 0 Å². The van der Waals surface area contributed by atoms with Gasteiger partial charge in [-0.05, 0) is 62.4 Å². The van der Waals surface area contributed by atoms with Crippen LogP contribution in [0, 0.1) is 17.1 Å². The summed E-state index contributed by atoms with van der Waals surface area (Å²) >= 11 is 0. The van der Waals surface area contributed by atoms with Gasteiger partial charge in [0.1, 0.15) is 29.4 Å². The standard InChI is InChI=1S/C21H22FN7/c22-14-10-16(17-5-3-9-24-17)18(26-12-14)4-1-2-8-25-21-20-19(27-13-28-21)7-6-15(11-23)29-20/h6-7,10,12-13,17,24H,1-5,8-9H2,(H,25,27,28). The molecule has 1 unspecified atom stereocenters. The molecule has 4 rings (SSSR count). The van der Waals surface area contributed by atoms with Gasteiger partial charge in [-0.2, -0.15) is 5.26 Å². The van der Waals surface area contributed by atoms with Crippen molar-refractivity contribution in [1.29, 1.82) is 5.26 Å². The molecule has 0 aromatic carbocycles. The Kier molecular flexibility index (Phi) is 5.86. The summed E-state index contributed by atoms with van der Waals surface area (Å²) in [5, 5.41) is 15.8. The van der Waals surface area contributed by atoms with Crippen LogP contribution in [-0.4, -0.2) is 33.0 Å². The average molecular weight is 391 g/mol. The fourth-order valence-electron chi connectivity index (χ4n) is 3.70. The lowest BCUT2D eigenvalue weighted by molar-refractivity contribution is 0.587. The molecular weight excluding hydrogens is 369 g/mol. The summed E-state index contributed by atoms with van der Waals surface area (Å²) in [6.07, 6.45) is 7.55. The number of hydrogen-bond donors (Lipinski definition) is 2. The van der Waals surface area contributed by atoms with Gasteiger partial charge in [0.15, 0.2) is 5.82 Å². The zero-order chi connectivity index (χ0) is 20.1. The van der Waals surface area contributed by atoms with Crippen LogP contribution in [0.4, 0.5) is 10.2 Å². The van der Waals surface area contributed by atoms with Crippen molar-refractivity contribution in [2.75, 3.05) is 18.4 Å². The number of nitrogens with zero attached hydrogens (tertiary/aromatic N) is 5. The van der Waals surface area contributed by atoms with Crippen molar-refractivity contribution in [3.63, 3.8) is 0 Å². The van der Waals surface area contributed by atoms with E-state index < -0.39 is 0 Å². The van der Waals surface area contributed by atoms with Crippen LogP contribution >= 0.6 is 0 Å². The SMILES string of the molecule is N#Cc1ccc2ncnc(NCCCCc3ncc(F)cc3C3CCCN3)c2n1. The average Bonchev–Trinajstić information content (AvgIpc) is 3.29. The van der Waals surface area contributed by atoms with Gasteiger partial charge in [0.05, 0.1) is 11.7 Å². The number of anilines is 1. The van der Waals surface area contributed by atoms with Gasteiger partial charge in [-0.3, -0.25) is 4.98 Å². The minimum Gasteiger partial charge on any atom is -0.368 e. The van der Waals surface area contributed by atoms with E-state index in [9.17, 15) is 4.39 Å². The first kappa shape index (κ1) is 19.2. The molecule has 8 heteroatoms. The Morgan fingerprint density at radius 1 is 1.24 bits per heavy atom. The molecule has 3 aromatic heterocycles. The highest BCUT2D eigenvalue weighted by Crippen LogP contribution is 2.26. The Morgan fingerprint density at radius 3 is 3.00 bits per heavy atom. The lowest BCUT2D eigenvalue weighted by Gasteiger charge is -2.15. The van der Waals surface area contributed by atoms with Crippen LogP contribution in [0.1, 0.15) is 48.7 Å². The van der Waals surface area contributed by atoms with Gasteiger partial charge in [0, 0.05) is 18.3 Å². The second-order valence-electron chi connectivity index (χ2n) is 7.12. The monoisotopic (exact) mass is 391 g/mol. The lowest BCUT2D eigenvalue weighted by atomic mass is 10.00. The molecule has 0 aliphatic carbocycles. The fraction of sp³-hybridized carbons (Fsp3) is 0.381. The normalized spacial score (nSPS) is 16.1. The van der Waals surface area contributed by atoms with E-state index in [1.165, 1.54) is 12.5 Å². The minimum atomic E-state index is -0.279. The number of aromatic nitrogens is 4. The Balaban J connectivity index is 1.35. The topological polar surface area (TPSA) is 99.4 Å². The predicted octanol–water partition coefficient (Wildman–Crippen LogP) is 3.29. The van der Waals surface area contributed by atoms with E-state index in [1.807, 2.05) is 6.07 Å². The predicted molar refractivity (Wildman–Crippen MR) is 108 cm³/mol. The number of pyridine rings is 2. The summed E-state index contributed by atoms with van der Waals surface area (Å²) in [4.78, 5) is 17.1. The highest BCUT2D eigenvalue weighted by atomic mass is 19.1. The zero-order valence-electron chi connectivity index (χ0n) is 16.0. The van der Waals surface area contributed by atoms with Crippen molar-refractivity contribution in [1.82, 2.24) is 25.3 Å². The van der Waals surface area contributed by atoms with Crippen LogP contribution in [0.15, 0.2) is 30.7 Å². The number of halogens is 1. The molecule has 0 saturated carbocycles. The van der Waals surface area contributed by atoms with Gasteiger partial charge in [-0.1, -0.05) is 0 Å². The summed E-state index contributed by atoms with van der Waals surface area (Å²) < 4.78 is 13.7. The van der Waals surface area contributed by atoms with Crippen LogP contribution in [-0.2, 0) is 6.42 Å². The first-order valence-corrected chi connectivity index (χ1v) is 9.88. The van der Waals surface area contributed by atoms with Gasteiger partial charge in [0.2, 0.25) is 0 Å². The van der Waals surface area contributed by atoms with Crippen LogP contribution in [0.3, 0.4) is 0 Å². The minimum absolute atomic E-state index is 0.208. The van der Waals surface area contributed by atoms with E-state index in [-0.39, 0.29) is 11.9 Å². The molecule has 1 saturated heterocycles. The molecule has 0 spiro atoms. The summed E-state index contributed by atoms with van der Waals surface area (Å²) in [5.74, 6) is 0.349. The number of fused-ring (bicyclic) bond motifs is 1. The Labute approximate surface area is 168 Å². The maximum Gasteiger partial charge on any atom is 0.156 e. The molecule has 1 aliphatic heterocycles. The molecule has 29 heavy (non-hydrogen) atoms. The molecule has 1 atom stereocenters. The summed E-state index contributed by atoms with van der Waals surface area (Å²) in [5.41, 5.74) is 3.60. The van der Waals surface area contributed by atoms with Gasteiger partial charge in [-0.15, -0.1) is 0 Å². The van der Waals surface area contributed by atoms with Crippen LogP contribution in [0.25, 0.3) is 11.0 Å². The highest BCUT2D eigenvalue weighted by molar-refractivity contribution is 5.85. The summed E-state index contributed by atoms with van der Waals surface area (Å²) in [7, 11) is 0. The number of hydrogen-bond acceptors (Lipinski definition) is 7. The van der Waals surface area contributed by atoms with Crippen molar-refractivity contribution >= 4 is 16.9 Å². The molecule has 1 aliphatic rings. The molecular formula is C21H22FN7. The molecule has 3 aromatic rings. The Bertz CT molecular complexity index is 1040. The molecule has 4 heterocycles. The maximum atomic E-state index is 13.7. The first-order chi connectivity index (χ1) is 14.2. The van der Waals surface area contributed by atoms with E-state index in [2.05, 4.69) is 30.6 Å². The highest BCUT2D eigenvalue weighted by Gasteiger charge is 2.20. The second-order valence-corrected chi connectivity index (χ2v) is 7.12. The lowest BCUT2D eigenvalue weighted by Crippen LogP contribution is -2.16. The van der Waals surface area contributed by atoms with Crippen molar-refractivity contribution < 1.29 is 4.39 Å². The maximum absolute atomic E-state index is 13.7. The van der Waals surface area contributed by atoms with E-state index in [0.717, 1.165) is 49.9 Å². The number of unbranched alkanes of at least 4 members (excludes halogenated alkanes) is 1. The number of nitriles is 1. The third-order valence-electron chi connectivity index (χ3n) is 5.14. The quantitative estimate of drug-likeness (QED) is 0.596. The smallest absolute Gasteiger partial charge is 0.156 e. The van der Waals surface area contributed by atoms with Crippen molar-refractivity contribution in [2.45, 2.75) is 38.1 Å². The Morgan fingerprint density at radius 2 is 2.17 bits per heavy atom. The molecule has 148 valence electrons. The summed E-state index contributed by atoms with van der Waals surface area (Å²) in [6, 6.07) is 7.28. The summed E-state index contributed by atoms with van der Waals surface area (Å²) in [6.45, 7) is 1.68. The van der Waals surface area contributed by atoms with E-state index in [0.29, 0.717) is 29.1 Å². The van der Waals surface area contributed by atoms with E-state index >= 15 is 0 Å². The number of rotatable bonds is 7. The van der Waals surface area contributed by atoms with E-state index in [1.54, 1.807) is 18.2 Å². The molecule has 0 radical (unpaired) electrons. The number of aryl methyl sites for hydroxylation is 1. The van der Waals surface area contributed by atoms with Crippen LogP contribution in [0.5, 0.6) is 0 Å². The molecule has 7 nitrogen and oxygen atoms in total. The molecule has 0 bridgehead atoms. The van der Waals surface area contributed by atoms with Crippen molar-refractivity contribution in [3.05, 3.63) is 53.5 Å². The number of nitrogens with one attached hydrogen (secondary N) is 2. The second kappa shape index (κ2) is 8.88. The fourth-order valence-corrected chi connectivity index (χ4v) is 3.70. The third-order valence-corrected chi connectivity index (χ3v) is 5.14.